The second-order valence-electron chi connectivity index (χ2n) is 4.62. The molecule has 0 aromatic heterocycles. The molecule has 2 rings (SSSR count). The lowest BCUT2D eigenvalue weighted by atomic mass is 9.97. The minimum Gasteiger partial charge on any atom is -0.443 e. The summed E-state index contributed by atoms with van der Waals surface area (Å²) in [4.78, 5) is 11.3. The first-order chi connectivity index (χ1) is 7.14. The van der Waals surface area contributed by atoms with Crippen molar-refractivity contribution < 1.29 is 9.53 Å². The number of hydrogen-bond donors (Lipinski definition) is 1. The summed E-state index contributed by atoms with van der Waals surface area (Å²) in [6.45, 7) is 2.21. The molecule has 1 N–H and O–H groups in total. The van der Waals surface area contributed by atoms with Gasteiger partial charge < -0.3 is 10.1 Å². The third-order valence-corrected chi connectivity index (χ3v) is 5.13. The summed E-state index contributed by atoms with van der Waals surface area (Å²) in [6, 6.07) is 0. The van der Waals surface area contributed by atoms with E-state index >= 15 is 0 Å². The van der Waals surface area contributed by atoms with Crippen LogP contribution in [-0.2, 0) is 4.74 Å². The number of alkyl carbamates (subject to hydrolysis) is 1. The lowest BCUT2D eigenvalue weighted by Crippen LogP contribution is -2.34. The molecule has 2 aliphatic carbocycles. The Bertz CT molecular complexity index is 259. The van der Waals surface area contributed by atoms with Gasteiger partial charge in [0, 0.05) is 18.2 Å². The van der Waals surface area contributed by atoms with Gasteiger partial charge in [-0.2, -0.15) is 11.8 Å². The van der Waals surface area contributed by atoms with Crippen LogP contribution in [0, 0.1) is 0 Å². The molecule has 0 spiro atoms. The van der Waals surface area contributed by atoms with Crippen LogP contribution in [0.15, 0.2) is 0 Å². The van der Waals surface area contributed by atoms with Crippen LogP contribution in [0.3, 0.4) is 0 Å². The number of fused-ring (bicyclic) bond motifs is 2. The van der Waals surface area contributed by atoms with Crippen LogP contribution in [0.4, 0.5) is 4.79 Å². The molecule has 1 amide bonds. The van der Waals surface area contributed by atoms with E-state index in [4.69, 9.17) is 4.74 Å². The van der Waals surface area contributed by atoms with Crippen molar-refractivity contribution in [2.75, 3.05) is 12.8 Å². The molecule has 0 aromatic carbocycles. The van der Waals surface area contributed by atoms with Crippen LogP contribution in [0.1, 0.15) is 39.0 Å². The maximum Gasteiger partial charge on any atom is 0.407 e. The van der Waals surface area contributed by atoms with Gasteiger partial charge in [0.1, 0.15) is 5.60 Å². The summed E-state index contributed by atoms with van der Waals surface area (Å²) in [5.41, 5.74) is -0.137. The van der Waals surface area contributed by atoms with Gasteiger partial charge in [-0.1, -0.05) is 6.92 Å². The molecular formula is C11H19NO2S. The Hall–Kier alpha value is -0.380. The first-order valence-corrected chi connectivity index (χ1v) is 6.67. The number of carbonyl (C=O) groups excluding carboxylic acids is 1. The van der Waals surface area contributed by atoms with E-state index < -0.39 is 0 Å². The number of nitrogens with one attached hydrogen (secondary N) is 1. The second-order valence-corrected chi connectivity index (χ2v) is 6.35. The van der Waals surface area contributed by atoms with Crippen molar-refractivity contribution in [2.24, 2.45) is 0 Å². The summed E-state index contributed by atoms with van der Waals surface area (Å²) in [7, 11) is 1.62. The zero-order valence-electron chi connectivity index (χ0n) is 9.47. The van der Waals surface area contributed by atoms with Crippen LogP contribution in [-0.4, -0.2) is 29.2 Å². The quantitative estimate of drug-likeness (QED) is 0.808. The SMILES string of the molecule is CCSC12CCC(OC(=O)NC)(CC1)C2. The van der Waals surface area contributed by atoms with Crippen molar-refractivity contribution in [3.63, 3.8) is 0 Å². The van der Waals surface area contributed by atoms with E-state index in [1.807, 2.05) is 11.8 Å². The molecule has 4 heteroatoms. The third kappa shape index (κ3) is 1.96. The molecule has 0 atom stereocenters. The maximum absolute atomic E-state index is 11.3. The van der Waals surface area contributed by atoms with E-state index in [0.717, 1.165) is 25.0 Å². The van der Waals surface area contributed by atoms with Gasteiger partial charge in [0.25, 0.3) is 0 Å². The normalized spacial score (nSPS) is 38.0. The van der Waals surface area contributed by atoms with Crippen LogP contribution >= 0.6 is 11.8 Å². The summed E-state index contributed by atoms with van der Waals surface area (Å²) in [5, 5.41) is 2.55. The highest BCUT2D eigenvalue weighted by molar-refractivity contribution is 8.00. The first-order valence-electron chi connectivity index (χ1n) is 5.68. The molecule has 3 nitrogen and oxygen atoms in total. The monoisotopic (exact) mass is 229 g/mol. The van der Waals surface area contributed by atoms with E-state index in [0.29, 0.717) is 4.75 Å². The van der Waals surface area contributed by atoms with Gasteiger partial charge in [-0.05, 0) is 31.4 Å². The minimum absolute atomic E-state index is 0.137. The van der Waals surface area contributed by atoms with E-state index in [1.54, 1.807) is 7.05 Å². The highest BCUT2D eigenvalue weighted by Crippen LogP contribution is 2.58. The Balaban J connectivity index is 2.00. The Morgan fingerprint density at radius 2 is 2.07 bits per heavy atom. The molecule has 0 saturated heterocycles. The number of rotatable bonds is 3. The van der Waals surface area contributed by atoms with Gasteiger partial charge >= 0.3 is 6.09 Å². The van der Waals surface area contributed by atoms with Crippen molar-refractivity contribution in [1.82, 2.24) is 5.32 Å². The Morgan fingerprint density at radius 3 is 2.60 bits per heavy atom. The van der Waals surface area contributed by atoms with Crippen molar-refractivity contribution in [2.45, 2.75) is 49.4 Å². The number of amides is 1. The molecular weight excluding hydrogens is 210 g/mol. The number of ether oxygens (including phenoxy) is 1. The van der Waals surface area contributed by atoms with Gasteiger partial charge in [0.2, 0.25) is 0 Å². The van der Waals surface area contributed by atoms with Crippen LogP contribution in [0.25, 0.3) is 0 Å². The van der Waals surface area contributed by atoms with Crippen molar-refractivity contribution in [1.29, 1.82) is 0 Å². The summed E-state index contributed by atoms with van der Waals surface area (Å²) >= 11 is 2.05. The fraction of sp³-hybridized carbons (Fsp3) is 0.909. The predicted molar refractivity (Wildman–Crippen MR) is 62.2 cm³/mol. The standard InChI is InChI=1S/C11H19NO2S/c1-3-15-11-6-4-10(8-11,5-7-11)14-9(13)12-2/h3-8H2,1-2H3,(H,12,13). The van der Waals surface area contributed by atoms with Crippen molar-refractivity contribution in [3.05, 3.63) is 0 Å². The molecule has 0 unspecified atom stereocenters. The average molecular weight is 229 g/mol. The maximum atomic E-state index is 11.3. The fourth-order valence-corrected chi connectivity index (χ4v) is 4.46. The lowest BCUT2D eigenvalue weighted by molar-refractivity contribution is 0.0203. The second kappa shape index (κ2) is 3.89. The zero-order valence-corrected chi connectivity index (χ0v) is 10.3. The highest BCUT2D eigenvalue weighted by atomic mass is 32.2. The summed E-state index contributed by atoms with van der Waals surface area (Å²) < 4.78 is 5.97. The Labute approximate surface area is 95.3 Å². The summed E-state index contributed by atoms with van der Waals surface area (Å²) in [6.07, 6.45) is 5.31. The minimum atomic E-state index is -0.269. The van der Waals surface area contributed by atoms with Crippen LogP contribution in [0.2, 0.25) is 0 Å². The molecule has 2 bridgehead atoms. The third-order valence-electron chi connectivity index (χ3n) is 3.68. The van der Waals surface area contributed by atoms with E-state index in [9.17, 15) is 4.79 Å². The van der Waals surface area contributed by atoms with Crippen LogP contribution in [0.5, 0.6) is 0 Å². The number of hydrogen-bond acceptors (Lipinski definition) is 3. The molecule has 86 valence electrons. The van der Waals surface area contributed by atoms with Gasteiger partial charge in [-0.3, -0.25) is 0 Å². The highest BCUT2D eigenvalue weighted by Gasteiger charge is 2.56. The van der Waals surface area contributed by atoms with Crippen molar-refractivity contribution in [3.8, 4) is 0 Å². The molecule has 2 aliphatic rings. The number of carbonyl (C=O) groups is 1. The largest absolute Gasteiger partial charge is 0.443 e. The molecule has 0 aromatic rings. The van der Waals surface area contributed by atoms with E-state index in [1.165, 1.54) is 12.8 Å². The molecule has 2 fully saturated rings. The van der Waals surface area contributed by atoms with Gasteiger partial charge in [-0.25, -0.2) is 4.79 Å². The zero-order chi connectivity index (χ0) is 10.9. The van der Waals surface area contributed by atoms with Crippen molar-refractivity contribution >= 4 is 17.9 Å². The number of thioether (sulfide) groups is 1. The molecule has 2 saturated carbocycles. The molecule has 0 aliphatic heterocycles. The lowest BCUT2D eigenvalue weighted by Gasteiger charge is -2.26. The molecule has 15 heavy (non-hydrogen) atoms. The molecule has 0 radical (unpaired) electrons. The fourth-order valence-electron chi connectivity index (χ4n) is 2.99. The molecule has 0 heterocycles. The van der Waals surface area contributed by atoms with E-state index in [-0.39, 0.29) is 11.7 Å². The predicted octanol–water partition coefficient (Wildman–Crippen LogP) is 2.55. The van der Waals surface area contributed by atoms with Gasteiger partial charge in [0.15, 0.2) is 0 Å². The first kappa shape index (κ1) is 11.1. The summed E-state index contributed by atoms with van der Waals surface area (Å²) in [5.74, 6) is 1.16. The van der Waals surface area contributed by atoms with E-state index in [2.05, 4.69) is 12.2 Å². The van der Waals surface area contributed by atoms with Gasteiger partial charge in [-0.15, -0.1) is 0 Å². The van der Waals surface area contributed by atoms with Gasteiger partial charge in [0.05, 0.1) is 0 Å². The Morgan fingerprint density at radius 1 is 1.40 bits per heavy atom. The van der Waals surface area contributed by atoms with Crippen LogP contribution < -0.4 is 5.32 Å². The average Bonchev–Trinajstić information content (AvgIpc) is 2.73. The Kier molecular flexibility index (Phi) is 2.88. The topological polar surface area (TPSA) is 38.3 Å². The smallest absolute Gasteiger partial charge is 0.407 e.